The maximum atomic E-state index is 12.5. The third-order valence-corrected chi connectivity index (χ3v) is 2.81. The second kappa shape index (κ2) is 5.00. The Morgan fingerprint density at radius 3 is 2.82 bits per heavy atom. The van der Waals surface area contributed by atoms with Crippen LogP contribution in [0.5, 0.6) is 0 Å². The topological polar surface area (TPSA) is 17.8 Å². The zero-order valence-corrected chi connectivity index (χ0v) is 10.2. The van der Waals surface area contributed by atoms with E-state index in [-0.39, 0.29) is 6.54 Å². The molecule has 0 aliphatic heterocycles. The first-order chi connectivity index (χ1) is 8.11. The molecule has 0 fully saturated rings. The van der Waals surface area contributed by atoms with Gasteiger partial charge in [-0.05, 0) is 24.6 Å². The number of nitrogens with zero attached hydrogens (tertiary/aromatic N) is 2. The zero-order valence-electron chi connectivity index (χ0n) is 9.46. The minimum absolute atomic E-state index is 0.328. The average Bonchev–Trinajstić information content (AvgIpc) is 2.56. The summed E-state index contributed by atoms with van der Waals surface area (Å²) in [7, 11) is 0. The van der Waals surface area contributed by atoms with Crippen LogP contribution in [0.3, 0.4) is 0 Å². The molecule has 0 bridgehead atoms. The SMILES string of the molecule is Cc1ccc2c(c1)nc(CCCl)n2CC(F)F. The van der Waals surface area contributed by atoms with E-state index in [0.717, 1.165) is 16.6 Å². The van der Waals surface area contributed by atoms with Gasteiger partial charge in [0, 0.05) is 12.3 Å². The Morgan fingerprint density at radius 2 is 2.18 bits per heavy atom. The van der Waals surface area contributed by atoms with Crippen molar-refractivity contribution in [3.63, 3.8) is 0 Å². The van der Waals surface area contributed by atoms with Crippen LogP contribution in [0, 0.1) is 6.92 Å². The van der Waals surface area contributed by atoms with E-state index in [1.165, 1.54) is 0 Å². The van der Waals surface area contributed by atoms with Crippen molar-refractivity contribution in [2.24, 2.45) is 0 Å². The van der Waals surface area contributed by atoms with Gasteiger partial charge in [-0.3, -0.25) is 0 Å². The summed E-state index contributed by atoms with van der Waals surface area (Å²) in [6.45, 7) is 1.62. The molecular formula is C12H13ClF2N2. The molecule has 0 amide bonds. The van der Waals surface area contributed by atoms with E-state index >= 15 is 0 Å². The van der Waals surface area contributed by atoms with E-state index in [0.29, 0.717) is 18.1 Å². The van der Waals surface area contributed by atoms with Crippen molar-refractivity contribution in [2.45, 2.75) is 26.3 Å². The standard InChI is InChI=1S/C12H13ClF2N2/c1-8-2-3-10-9(6-8)16-12(4-5-13)17(10)7-11(14)15/h2-3,6,11H,4-5,7H2,1H3. The van der Waals surface area contributed by atoms with Gasteiger partial charge in [-0.25, -0.2) is 13.8 Å². The van der Waals surface area contributed by atoms with E-state index in [1.807, 2.05) is 25.1 Å². The Labute approximate surface area is 103 Å². The highest BCUT2D eigenvalue weighted by Gasteiger charge is 2.14. The first kappa shape index (κ1) is 12.3. The molecule has 0 saturated carbocycles. The molecule has 0 saturated heterocycles. The van der Waals surface area contributed by atoms with Crippen molar-refractivity contribution in [1.29, 1.82) is 0 Å². The van der Waals surface area contributed by atoms with Gasteiger partial charge in [0.15, 0.2) is 0 Å². The van der Waals surface area contributed by atoms with Crippen LogP contribution >= 0.6 is 11.6 Å². The Morgan fingerprint density at radius 1 is 1.41 bits per heavy atom. The number of hydrogen-bond donors (Lipinski definition) is 0. The first-order valence-electron chi connectivity index (χ1n) is 5.41. The molecule has 2 nitrogen and oxygen atoms in total. The van der Waals surface area contributed by atoms with Crippen molar-refractivity contribution in [1.82, 2.24) is 9.55 Å². The molecule has 0 unspecified atom stereocenters. The first-order valence-corrected chi connectivity index (χ1v) is 5.95. The fourth-order valence-electron chi connectivity index (χ4n) is 1.91. The van der Waals surface area contributed by atoms with Crippen LogP contribution in [-0.2, 0) is 13.0 Å². The largest absolute Gasteiger partial charge is 0.322 e. The summed E-state index contributed by atoms with van der Waals surface area (Å²) in [6.07, 6.45) is -1.88. The quantitative estimate of drug-likeness (QED) is 0.769. The summed E-state index contributed by atoms with van der Waals surface area (Å²) in [5, 5.41) is 0. The normalized spacial score (nSPS) is 11.6. The molecule has 0 aliphatic rings. The van der Waals surface area contributed by atoms with Gasteiger partial charge in [-0.1, -0.05) is 6.07 Å². The molecule has 2 aromatic rings. The van der Waals surface area contributed by atoms with Gasteiger partial charge >= 0.3 is 0 Å². The second-order valence-electron chi connectivity index (χ2n) is 3.96. The number of hydrogen-bond acceptors (Lipinski definition) is 1. The number of aryl methyl sites for hydroxylation is 2. The zero-order chi connectivity index (χ0) is 12.4. The monoisotopic (exact) mass is 258 g/mol. The lowest BCUT2D eigenvalue weighted by molar-refractivity contribution is 0.127. The van der Waals surface area contributed by atoms with Crippen LogP contribution in [0.4, 0.5) is 8.78 Å². The van der Waals surface area contributed by atoms with Crippen molar-refractivity contribution in [2.75, 3.05) is 5.88 Å². The number of halogens is 3. The molecule has 0 N–H and O–H groups in total. The molecule has 1 aromatic heterocycles. The molecule has 1 aromatic carbocycles. The minimum atomic E-state index is -2.39. The summed E-state index contributed by atoms with van der Waals surface area (Å²) in [4.78, 5) is 4.36. The van der Waals surface area contributed by atoms with E-state index < -0.39 is 6.43 Å². The summed E-state index contributed by atoms with van der Waals surface area (Å²) >= 11 is 5.66. The van der Waals surface area contributed by atoms with E-state index in [2.05, 4.69) is 4.98 Å². The summed E-state index contributed by atoms with van der Waals surface area (Å²) in [5.74, 6) is 1.01. The maximum absolute atomic E-state index is 12.5. The van der Waals surface area contributed by atoms with Gasteiger partial charge < -0.3 is 4.57 Å². The van der Waals surface area contributed by atoms with Crippen LogP contribution in [0.25, 0.3) is 11.0 Å². The third-order valence-electron chi connectivity index (χ3n) is 2.62. The summed E-state index contributed by atoms with van der Waals surface area (Å²) < 4.78 is 26.6. The lowest BCUT2D eigenvalue weighted by Crippen LogP contribution is -2.10. The van der Waals surface area contributed by atoms with E-state index in [1.54, 1.807) is 4.57 Å². The molecule has 2 rings (SSSR count). The minimum Gasteiger partial charge on any atom is -0.322 e. The van der Waals surface area contributed by atoms with Gasteiger partial charge in [0.2, 0.25) is 0 Å². The summed E-state index contributed by atoms with van der Waals surface area (Å²) in [6, 6.07) is 5.63. The second-order valence-corrected chi connectivity index (χ2v) is 4.34. The molecule has 0 atom stereocenters. The average molecular weight is 259 g/mol. The van der Waals surface area contributed by atoms with Gasteiger partial charge in [-0.2, -0.15) is 0 Å². The van der Waals surface area contributed by atoms with Gasteiger partial charge in [0.05, 0.1) is 17.6 Å². The number of aromatic nitrogens is 2. The summed E-state index contributed by atoms with van der Waals surface area (Å²) in [5.41, 5.74) is 2.57. The molecule has 0 spiro atoms. The van der Waals surface area contributed by atoms with Crippen LogP contribution in [0.1, 0.15) is 11.4 Å². The van der Waals surface area contributed by atoms with Gasteiger partial charge in [0.25, 0.3) is 6.43 Å². The maximum Gasteiger partial charge on any atom is 0.256 e. The Bertz CT molecular complexity index is 522. The highest BCUT2D eigenvalue weighted by atomic mass is 35.5. The molecule has 0 aliphatic carbocycles. The fraction of sp³-hybridized carbons (Fsp3) is 0.417. The van der Waals surface area contributed by atoms with Crippen molar-refractivity contribution >= 4 is 22.6 Å². The predicted octanol–water partition coefficient (Wildman–Crippen LogP) is 3.39. The smallest absolute Gasteiger partial charge is 0.256 e. The number of imidazole rings is 1. The number of benzene rings is 1. The molecule has 17 heavy (non-hydrogen) atoms. The third kappa shape index (κ3) is 2.57. The molecular weight excluding hydrogens is 246 g/mol. The number of fused-ring (bicyclic) bond motifs is 1. The number of alkyl halides is 3. The van der Waals surface area contributed by atoms with Gasteiger partial charge in [0.1, 0.15) is 5.82 Å². The fourth-order valence-corrected chi connectivity index (χ4v) is 2.08. The van der Waals surface area contributed by atoms with E-state index in [4.69, 9.17) is 11.6 Å². The Balaban J connectivity index is 2.54. The lowest BCUT2D eigenvalue weighted by atomic mass is 10.2. The van der Waals surface area contributed by atoms with Crippen molar-refractivity contribution in [3.8, 4) is 0 Å². The van der Waals surface area contributed by atoms with Crippen LogP contribution in [-0.4, -0.2) is 21.9 Å². The number of rotatable bonds is 4. The highest BCUT2D eigenvalue weighted by molar-refractivity contribution is 6.17. The molecule has 0 radical (unpaired) electrons. The van der Waals surface area contributed by atoms with Gasteiger partial charge in [-0.15, -0.1) is 11.6 Å². The Hall–Kier alpha value is -1.16. The van der Waals surface area contributed by atoms with Crippen LogP contribution in [0.2, 0.25) is 0 Å². The van der Waals surface area contributed by atoms with Crippen LogP contribution in [0.15, 0.2) is 18.2 Å². The van der Waals surface area contributed by atoms with Crippen molar-refractivity contribution in [3.05, 3.63) is 29.6 Å². The van der Waals surface area contributed by atoms with Crippen LogP contribution < -0.4 is 0 Å². The van der Waals surface area contributed by atoms with Crippen molar-refractivity contribution < 1.29 is 8.78 Å². The predicted molar refractivity (Wildman–Crippen MR) is 64.9 cm³/mol. The van der Waals surface area contributed by atoms with E-state index in [9.17, 15) is 8.78 Å². The highest BCUT2D eigenvalue weighted by Crippen LogP contribution is 2.19. The molecule has 1 heterocycles. The molecule has 5 heteroatoms. The Kier molecular flexibility index (Phi) is 3.62. The lowest BCUT2D eigenvalue weighted by Gasteiger charge is -2.07. The molecule has 92 valence electrons.